The average molecular weight is 274 g/mol. The van der Waals surface area contributed by atoms with Crippen molar-refractivity contribution < 1.29 is 9.84 Å². The van der Waals surface area contributed by atoms with Gasteiger partial charge >= 0.3 is 0 Å². The highest BCUT2D eigenvalue weighted by atomic mass is 79.9. The SMILES string of the molecule is COc1ccc(Br)c(CC(C)(O)CN)c1. The summed E-state index contributed by atoms with van der Waals surface area (Å²) >= 11 is 3.43. The molecule has 0 aliphatic heterocycles. The molecule has 1 aromatic rings. The number of rotatable bonds is 4. The highest BCUT2D eigenvalue weighted by Crippen LogP contribution is 2.25. The molecule has 1 aromatic carbocycles. The molecule has 1 atom stereocenters. The van der Waals surface area contributed by atoms with Crippen LogP contribution in [0.25, 0.3) is 0 Å². The first kappa shape index (κ1) is 12.5. The van der Waals surface area contributed by atoms with Crippen LogP contribution in [-0.2, 0) is 6.42 Å². The maximum atomic E-state index is 9.88. The molecule has 84 valence electrons. The Morgan fingerprint density at radius 2 is 2.20 bits per heavy atom. The fourth-order valence-corrected chi connectivity index (χ4v) is 1.68. The second kappa shape index (κ2) is 4.96. The van der Waals surface area contributed by atoms with E-state index >= 15 is 0 Å². The van der Waals surface area contributed by atoms with Crippen LogP contribution in [0.2, 0.25) is 0 Å². The molecule has 0 amide bonds. The van der Waals surface area contributed by atoms with Gasteiger partial charge in [0.25, 0.3) is 0 Å². The predicted molar refractivity (Wildman–Crippen MR) is 64.1 cm³/mol. The molecule has 0 saturated heterocycles. The van der Waals surface area contributed by atoms with Crippen molar-refractivity contribution in [3.63, 3.8) is 0 Å². The topological polar surface area (TPSA) is 55.5 Å². The molecule has 1 rings (SSSR count). The van der Waals surface area contributed by atoms with E-state index in [9.17, 15) is 5.11 Å². The number of aliphatic hydroxyl groups is 1. The normalized spacial score (nSPS) is 14.7. The lowest BCUT2D eigenvalue weighted by Gasteiger charge is -2.21. The van der Waals surface area contributed by atoms with Gasteiger partial charge < -0.3 is 15.6 Å². The van der Waals surface area contributed by atoms with Crippen LogP contribution in [0.5, 0.6) is 5.75 Å². The fourth-order valence-electron chi connectivity index (χ4n) is 1.30. The molecule has 0 spiro atoms. The maximum Gasteiger partial charge on any atom is 0.119 e. The highest BCUT2D eigenvalue weighted by molar-refractivity contribution is 9.10. The van der Waals surface area contributed by atoms with E-state index in [0.717, 1.165) is 15.8 Å². The standard InChI is InChI=1S/C11H16BrNO2/c1-11(14,7-13)6-8-5-9(15-2)3-4-10(8)12/h3-5,14H,6-7,13H2,1-2H3. The smallest absolute Gasteiger partial charge is 0.119 e. The van der Waals surface area contributed by atoms with Crippen LogP contribution in [-0.4, -0.2) is 24.4 Å². The lowest BCUT2D eigenvalue weighted by atomic mass is 9.97. The third-order valence-corrected chi connectivity index (χ3v) is 3.04. The van der Waals surface area contributed by atoms with Crippen LogP contribution < -0.4 is 10.5 Å². The Morgan fingerprint density at radius 3 is 2.73 bits per heavy atom. The predicted octanol–water partition coefficient (Wildman–Crippen LogP) is 1.71. The minimum atomic E-state index is -0.880. The van der Waals surface area contributed by atoms with Gasteiger partial charge in [-0.1, -0.05) is 15.9 Å². The molecular formula is C11H16BrNO2. The van der Waals surface area contributed by atoms with Crippen molar-refractivity contribution in [2.45, 2.75) is 18.9 Å². The molecule has 3 N–H and O–H groups in total. The quantitative estimate of drug-likeness (QED) is 0.878. The van der Waals surface area contributed by atoms with Crippen molar-refractivity contribution in [2.24, 2.45) is 5.73 Å². The Bertz CT molecular complexity index is 339. The number of benzene rings is 1. The summed E-state index contributed by atoms with van der Waals surface area (Å²) in [7, 11) is 1.62. The third-order valence-electron chi connectivity index (χ3n) is 2.26. The first-order chi connectivity index (χ1) is 6.98. The Labute approximate surface area is 98.4 Å². The van der Waals surface area contributed by atoms with Gasteiger partial charge in [-0.15, -0.1) is 0 Å². The number of hydrogen-bond donors (Lipinski definition) is 2. The number of nitrogens with two attached hydrogens (primary N) is 1. The second-order valence-corrected chi connectivity index (χ2v) is 4.69. The largest absolute Gasteiger partial charge is 0.497 e. The lowest BCUT2D eigenvalue weighted by Crippen LogP contribution is -2.36. The molecule has 15 heavy (non-hydrogen) atoms. The van der Waals surface area contributed by atoms with Crippen LogP contribution in [0.15, 0.2) is 22.7 Å². The maximum absolute atomic E-state index is 9.88. The first-order valence-electron chi connectivity index (χ1n) is 4.73. The van der Waals surface area contributed by atoms with E-state index < -0.39 is 5.60 Å². The summed E-state index contributed by atoms with van der Waals surface area (Å²) in [5.74, 6) is 0.779. The van der Waals surface area contributed by atoms with Crippen molar-refractivity contribution in [2.75, 3.05) is 13.7 Å². The molecule has 0 heterocycles. The van der Waals surface area contributed by atoms with E-state index in [0.29, 0.717) is 6.42 Å². The van der Waals surface area contributed by atoms with Crippen molar-refractivity contribution in [1.82, 2.24) is 0 Å². The molecule has 0 fully saturated rings. The number of ether oxygens (including phenoxy) is 1. The van der Waals surface area contributed by atoms with Crippen molar-refractivity contribution >= 4 is 15.9 Å². The number of halogens is 1. The third kappa shape index (κ3) is 3.48. The zero-order valence-electron chi connectivity index (χ0n) is 8.96. The highest BCUT2D eigenvalue weighted by Gasteiger charge is 2.20. The summed E-state index contributed by atoms with van der Waals surface area (Å²) in [5, 5.41) is 9.88. The monoisotopic (exact) mass is 273 g/mol. The van der Waals surface area contributed by atoms with E-state index in [1.54, 1.807) is 14.0 Å². The fraction of sp³-hybridized carbons (Fsp3) is 0.455. The molecule has 0 bridgehead atoms. The minimum absolute atomic E-state index is 0.233. The van der Waals surface area contributed by atoms with E-state index in [1.807, 2.05) is 18.2 Å². The summed E-state index contributed by atoms with van der Waals surface area (Å²) in [6.45, 7) is 1.95. The number of methoxy groups -OCH3 is 1. The van der Waals surface area contributed by atoms with Gasteiger partial charge in [0, 0.05) is 17.4 Å². The summed E-state index contributed by atoms with van der Waals surface area (Å²) in [6, 6.07) is 5.67. The van der Waals surface area contributed by atoms with E-state index in [4.69, 9.17) is 10.5 Å². The molecule has 0 aliphatic carbocycles. The van der Waals surface area contributed by atoms with Gasteiger partial charge in [-0.2, -0.15) is 0 Å². The Kier molecular flexibility index (Phi) is 4.13. The van der Waals surface area contributed by atoms with Gasteiger partial charge in [0.1, 0.15) is 5.75 Å². The van der Waals surface area contributed by atoms with Gasteiger partial charge in [-0.05, 0) is 30.7 Å². The van der Waals surface area contributed by atoms with Gasteiger partial charge in [-0.25, -0.2) is 0 Å². The molecule has 1 unspecified atom stereocenters. The molecule has 0 radical (unpaired) electrons. The van der Waals surface area contributed by atoms with Crippen molar-refractivity contribution in [3.05, 3.63) is 28.2 Å². The van der Waals surface area contributed by atoms with Crippen LogP contribution in [0, 0.1) is 0 Å². The van der Waals surface area contributed by atoms with Crippen molar-refractivity contribution in [1.29, 1.82) is 0 Å². The first-order valence-corrected chi connectivity index (χ1v) is 5.52. The summed E-state index contributed by atoms with van der Waals surface area (Å²) in [4.78, 5) is 0. The zero-order chi connectivity index (χ0) is 11.5. The van der Waals surface area contributed by atoms with Crippen LogP contribution >= 0.6 is 15.9 Å². The van der Waals surface area contributed by atoms with Gasteiger partial charge in [-0.3, -0.25) is 0 Å². The van der Waals surface area contributed by atoms with Crippen LogP contribution in [0.1, 0.15) is 12.5 Å². The summed E-state index contributed by atoms with van der Waals surface area (Å²) in [5.41, 5.74) is 5.59. The van der Waals surface area contributed by atoms with E-state index in [1.165, 1.54) is 0 Å². The molecule has 0 aliphatic rings. The van der Waals surface area contributed by atoms with Gasteiger partial charge in [0.2, 0.25) is 0 Å². The molecule has 4 heteroatoms. The van der Waals surface area contributed by atoms with Crippen LogP contribution in [0.3, 0.4) is 0 Å². The minimum Gasteiger partial charge on any atom is -0.497 e. The van der Waals surface area contributed by atoms with Crippen LogP contribution in [0.4, 0.5) is 0 Å². The van der Waals surface area contributed by atoms with Gasteiger partial charge in [0.05, 0.1) is 12.7 Å². The van der Waals surface area contributed by atoms with E-state index in [-0.39, 0.29) is 6.54 Å². The summed E-state index contributed by atoms with van der Waals surface area (Å²) < 4.78 is 6.08. The summed E-state index contributed by atoms with van der Waals surface area (Å²) in [6.07, 6.45) is 0.501. The Morgan fingerprint density at radius 1 is 1.53 bits per heavy atom. The zero-order valence-corrected chi connectivity index (χ0v) is 10.5. The van der Waals surface area contributed by atoms with Gasteiger partial charge in [0.15, 0.2) is 0 Å². The Hall–Kier alpha value is -0.580. The van der Waals surface area contributed by atoms with E-state index in [2.05, 4.69) is 15.9 Å². The molecule has 0 aromatic heterocycles. The van der Waals surface area contributed by atoms with Crippen molar-refractivity contribution in [3.8, 4) is 5.75 Å². The molecule has 3 nitrogen and oxygen atoms in total. The Balaban J connectivity index is 2.93. The number of hydrogen-bond acceptors (Lipinski definition) is 3. The average Bonchev–Trinajstić information content (AvgIpc) is 2.21. The lowest BCUT2D eigenvalue weighted by molar-refractivity contribution is 0.0694. The molecule has 0 saturated carbocycles. The molecular weight excluding hydrogens is 258 g/mol. The second-order valence-electron chi connectivity index (χ2n) is 3.84.